The average molecular weight is 429 g/mol. The molecule has 1 heterocycles. The molecule has 1 fully saturated rings. The second kappa shape index (κ2) is 11.0. The lowest BCUT2D eigenvalue weighted by Gasteiger charge is -2.29. The molecule has 0 bridgehead atoms. The first-order valence-corrected chi connectivity index (χ1v) is 11.1. The second-order valence-corrected chi connectivity index (χ2v) is 8.36. The number of piperazine rings is 1. The highest BCUT2D eigenvalue weighted by Crippen LogP contribution is 2.26. The average Bonchev–Trinajstić information content (AvgIpc) is 2.75. The van der Waals surface area contributed by atoms with Gasteiger partial charge in [0, 0.05) is 11.4 Å². The maximum Gasteiger partial charge on any atom is 0.279 e. The largest absolute Gasteiger partial charge is 0.321 e. The predicted octanol–water partition coefficient (Wildman–Crippen LogP) is 0.700. The Balaban J connectivity index is 1.43. The maximum atomic E-state index is 13.2. The smallest absolute Gasteiger partial charge is 0.279 e. The molecule has 4 N–H and O–H groups in total. The van der Waals surface area contributed by atoms with Crippen LogP contribution in [0.1, 0.15) is 31.7 Å². The van der Waals surface area contributed by atoms with Crippen LogP contribution in [-0.2, 0) is 9.59 Å². The molecule has 0 aliphatic carbocycles. The van der Waals surface area contributed by atoms with E-state index in [9.17, 15) is 14.0 Å². The Kier molecular flexibility index (Phi) is 8.14. The van der Waals surface area contributed by atoms with Crippen LogP contribution in [0.5, 0.6) is 0 Å². The predicted molar refractivity (Wildman–Crippen MR) is 120 cm³/mol. The molecular weight excluding hydrogens is 395 g/mol. The third-order valence-electron chi connectivity index (χ3n) is 5.97. The number of nitrogens with one attached hydrogen (secondary N) is 4. The molecule has 0 unspecified atom stereocenters. The molecule has 166 valence electrons. The third-order valence-corrected chi connectivity index (χ3v) is 5.97. The molecule has 0 spiro atoms. The molecule has 7 heteroatoms. The van der Waals surface area contributed by atoms with E-state index in [1.807, 2.05) is 18.2 Å². The minimum absolute atomic E-state index is 0.0260. The summed E-state index contributed by atoms with van der Waals surface area (Å²) in [5, 5.41) is 5.84. The summed E-state index contributed by atoms with van der Waals surface area (Å²) in [5.41, 5.74) is 2.55. The Morgan fingerprint density at radius 2 is 1.55 bits per heavy atom. The lowest BCUT2D eigenvalue weighted by atomic mass is 9.97. The summed E-state index contributed by atoms with van der Waals surface area (Å²) in [5.74, 6) is -0.0663. The van der Waals surface area contributed by atoms with Gasteiger partial charge in [0.2, 0.25) is 0 Å². The number of hydrogen-bond donors (Lipinski definition) is 4. The van der Waals surface area contributed by atoms with Crippen LogP contribution in [0.25, 0.3) is 0 Å². The van der Waals surface area contributed by atoms with Crippen molar-refractivity contribution in [2.24, 2.45) is 0 Å². The van der Waals surface area contributed by atoms with Crippen LogP contribution in [-0.4, -0.2) is 51.1 Å². The molecule has 1 aliphatic heterocycles. The number of rotatable bonds is 8. The van der Waals surface area contributed by atoms with Gasteiger partial charge in [0.05, 0.1) is 0 Å². The quantitative estimate of drug-likeness (QED) is 0.500. The van der Waals surface area contributed by atoms with Gasteiger partial charge in [-0.1, -0.05) is 38.1 Å². The van der Waals surface area contributed by atoms with E-state index in [1.165, 1.54) is 27.5 Å². The van der Waals surface area contributed by atoms with Crippen molar-refractivity contribution in [2.45, 2.75) is 26.2 Å². The number of amides is 2. The van der Waals surface area contributed by atoms with E-state index < -0.39 is 0 Å². The van der Waals surface area contributed by atoms with E-state index in [0.29, 0.717) is 24.7 Å². The van der Waals surface area contributed by atoms with Gasteiger partial charge < -0.3 is 20.4 Å². The van der Waals surface area contributed by atoms with Crippen LogP contribution < -0.4 is 20.4 Å². The number of quaternary nitrogens is 2. The van der Waals surface area contributed by atoms with Crippen molar-refractivity contribution in [3.8, 4) is 0 Å². The van der Waals surface area contributed by atoms with Gasteiger partial charge in [-0.3, -0.25) is 9.59 Å². The summed E-state index contributed by atoms with van der Waals surface area (Å²) in [6.07, 6.45) is 1.02. The number of hydrogen-bond acceptors (Lipinski definition) is 2. The number of halogens is 1. The van der Waals surface area contributed by atoms with E-state index in [0.717, 1.165) is 38.3 Å². The van der Waals surface area contributed by atoms with Crippen molar-refractivity contribution in [3.63, 3.8) is 0 Å². The molecule has 1 aliphatic rings. The van der Waals surface area contributed by atoms with Gasteiger partial charge in [-0.25, -0.2) is 4.39 Å². The van der Waals surface area contributed by atoms with Gasteiger partial charge in [-0.15, -0.1) is 0 Å². The highest BCUT2D eigenvalue weighted by molar-refractivity contribution is 5.92. The van der Waals surface area contributed by atoms with Gasteiger partial charge >= 0.3 is 0 Å². The normalized spacial score (nSPS) is 19.5. The SMILES string of the molecule is CC[C@@H](C)c1ccccc1NC(=O)C[NH+]1CC[NH+](CC(=O)Nc2cccc(F)c2)CC1. The maximum absolute atomic E-state index is 13.2. The van der Waals surface area contributed by atoms with Gasteiger partial charge in [0.15, 0.2) is 13.1 Å². The molecule has 2 aromatic rings. The number of anilines is 2. The summed E-state index contributed by atoms with van der Waals surface area (Å²) in [4.78, 5) is 27.3. The van der Waals surface area contributed by atoms with Crippen LogP contribution >= 0.6 is 0 Å². The van der Waals surface area contributed by atoms with Gasteiger partial charge in [-0.05, 0) is 42.2 Å². The Morgan fingerprint density at radius 1 is 0.935 bits per heavy atom. The first-order chi connectivity index (χ1) is 14.9. The van der Waals surface area contributed by atoms with E-state index in [-0.39, 0.29) is 17.6 Å². The van der Waals surface area contributed by atoms with E-state index in [4.69, 9.17) is 0 Å². The van der Waals surface area contributed by atoms with Crippen LogP contribution in [0, 0.1) is 5.82 Å². The van der Waals surface area contributed by atoms with Crippen LogP contribution in [0.4, 0.5) is 15.8 Å². The first-order valence-electron chi connectivity index (χ1n) is 11.1. The Morgan fingerprint density at radius 3 is 2.16 bits per heavy atom. The first kappa shape index (κ1) is 22.9. The van der Waals surface area contributed by atoms with Gasteiger partial charge in [0.25, 0.3) is 11.8 Å². The van der Waals surface area contributed by atoms with Gasteiger partial charge in [-0.2, -0.15) is 0 Å². The molecule has 3 rings (SSSR count). The fourth-order valence-electron chi connectivity index (χ4n) is 3.99. The fraction of sp³-hybridized carbons (Fsp3) is 0.417. The summed E-state index contributed by atoms with van der Waals surface area (Å²) in [6.45, 7) is 8.41. The molecule has 2 aromatic carbocycles. The van der Waals surface area contributed by atoms with E-state index in [1.54, 1.807) is 12.1 Å². The van der Waals surface area contributed by atoms with Crippen LogP contribution in [0.3, 0.4) is 0 Å². The summed E-state index contributed by atoms with van der Waals surface area (Å²) in [7, 11) is 0. The molecular formula is C24H33FN4O2+2. The van der Waals surface area contributed by atoms with Crippen LogP contribution in [0.2, 0.25) is 0 Å². The lowest BCUT2D eigenvalue weighted by Crippen LogP contribution is -3.28. The van der Waals surface area contributed by atoms with Crippen molar-refractivity contribution >= 4 is 23.2 Å². The highest BCUT2D eigenvalue weighted by Gasteiger charge is 2.26. The van der Waals surface area contributed by atoms with E-state index >= 15 is 0 Å². The van der Waals surface area contributed by atoms with E-state index in [2.05, 4.69) is 30.5 Å². The fourth-order valence-corrected chi connectivity index (χ4v) is 3.99. The zero-order chi connectivity index (χ0) is 22.2. The Labute approximate surface area is 183 Å². The number of carbonyl (C=O) groups excluding carboxylic acids is 2. The summed E-state index contributed by atoms with van der Waals surface area (Å²) in [6, 6.07) is 13.9. The van der Waals surface area contributed by atoms with Crippen LogP contribution in [0.15, 0.2) is 48.5 Å². The van der Waals surface area contributed by atoms with Crippen molar-refractivity contribution in [1.82, 2.24) is 0 Å². The molecule has 1 atom stereocenters. The lowest BCUT2D eigenvalue weighted by molar-refractivity contribution is -1.00. The molecule has 1 saturated heterocycles. The molecule has 6 nitrogen and oxygen atoms in total. The molecule has 0 aromatic heterocycles. The zero-order valence-corrected chi connectivity index (χ0v) is 18.3. The molecule has 2 amide bonds. The molecule has 0 saturated carbocycles. The summed E-state index contributed by atoms with van der Waals surface area (Å²) >= 11 is 0. The summed E-state index contributed by atoms with van der Waals surface area (Å²) < 4.78 is 13.2. The van der Waals surface area contributed by atoms with Crippen molar-refractivity contribution in [2.75, 3.05) is 49.9 Å². The van der Waals surface area contributed by atoms with Crippen molar-refractivity contribution in [1.29, 1.82) is 0 Å². The monoisotopic (exact) mass is 428 g/mol. The molecule has 31 heavy (non-hydrogen) atoms. The standard InChI is InChI=1S/C24H31FN4O2/c1-3-18(2)21-9-4-5-10-22(21)27-24(31)17-29-13-11-28(12-14-29)16-23(30)26-20-8-6-7-19(25)15-20/h4-10,15,18H,3,11-14,16-17H2,1-2H3,(H,26,30)(H,27,31)/p+2/t18-/m1/s1. The molecule has 0 radical (unpaired) electrons. The highest BCUT2D eigenvalue weighted by atomic mass is 19.1. The van der Waals surface area contributed by atoms with Crippen molar-refractivity contribution < 1.29 is 23.8 Å². The number of para-hydroxylation sites is 1. The second-order valence-electron chi connectivity index (χ2n) is 8.36. The number of carbonyl (C=O) groups is 2. The topological polar surface area (TPSA) is 67.1 Å². The van der Waals surface area contributed by atoms with Crippen molar-refractivity contribution in [3.05, 3.63) is 59.9 Å². The zero-order valence-electron chi connectivity index (χ0n) is 18.3. The van der Waals surface area contributed by atoms with Gasteiger partial charge in [0.1, 0.15) is 32.0 Å². The Hall–Kier alpha value is -2.77. The number of benzene rings is 2. The minimum atomic E-state index is -0.368. The Bertz CT molecular complexity index is 897. The third kappa shape index (κ3) is 6.87. The minimum Gasteiger partial charge on any atom is -0.321 e.